The van der Waals surface area contributed by atoms with Crippen LogP contribution in [0.15, 0.2) is 22.6 Å². The van der Waals surface area contributed by atoms with Crippen LogP contribution in [0.3, 0.4) is 0 Å². The van der Waals surface area contributed by atoms with Crippen molar-refractivity contribution in [3.63, 3.8) is 0 Å². The second-order valence-electron chi connectivity index (χ2n) is 6.52. The SMILES string of the molecule is CC(C)(C)C1CCN(c2nc3ccc(N)cc3o2)C1. The summed E-state index contributed by atoms with van der Waals surface area (Å²) in [5.74, 6) is 0.688. The van der Waals surface area contributed by atoms with Crippen molar-refractivity contribution in [1.82, 2.24) is 4.98 Å². The van der Waals surface area contributed by atoms with Gasteiger partial charge >= 0.3 is 0 Å². The van der Waals surface area contributed by atoms with Gasteiger partial charge in [-0.05, 0) is 29.9 Å². The molecule has 0 spiro atoms. The fraction of sp³-hybridized carbons (Fsp3) is 0.533. The summed E-state index contributed by atoms with van der Waals surface area (Å²) in [6.45, 7) is 8.94. The molecule has 4 heteroatoms. The van der Waals surface area contributed by atoms with Gasteiger partial charge in [0.2, 0.25) is 0 Å². The molecule has 4 nitrogen and oxygen atoms in total. The Hall–Kier alpha value is -1.71. The summed E-state index contributed by atoms with van der Waals surface area (Å²) in [6, 6.07) is 6.33. The third-order valence-electron chi connectivity index (χ3n) is 4.08. The molecule has 0 bridgehead atoms. The van der Waals surface area contributed by atoms with Crippen LogP contribution in [0.25, 0.3) is 11.1 Å². The van der Waals surface area contributed by atoms with Crippen LogP contribution in [-0.2, 0) is 0 Å². The van der Waals surface area contributed by atoms with Gasteiger partial charge in [0.15, 0.2) is 5.58 Å². The van der Waals surface area contributed by atoms with Crippen molar-refractivity contribution in [2.75, 3.05) is 23.7 Å². The normalized spacial score (nSPS) is 20.4. The molecule has 1 fully saturated rings. The maximum Gasteiger partial charge on any atom is 0.298 e. The Labute approximate surface area is 113 Å². The number of nitrogens with two attached hydrogens (primary N) is 1. The maximum absolute atomic E-state index is 5.83. The second-order valence-corrected chi connectivity index (χ2v) is 6.52. The van der Waals surface area contributed by atoms with Crippen molar-refractivity contribution in [1.29, 1.82) is 0 Å². The molecule has 2 N–H and O–H groups in total. The highest BCUT2D eigenvalue weighted by atomic mass is 16.4. The molecule has 0 amide bonds. The Kier molecular flexibility index (Phi) is 2.69. The van der Waals surface area contributed by atoms with Gasteiger partial charge in [-0.1, -0.05) is 20.8 Å². The highest BCUT2D eigenvalue weighted by Gasteiger charge is 2.33. The first-order valence-electron chi connectivity index (χ1n) is 6.84. The molecular weight excluding hydrogens is 238 g/mol. The number of hydrogen-bond acceptors (Lipinski definition) is 4. The summed E-state index contributed by atoms with van der Waals surface area (Å²) >= 11 is 0. The van der Waals surface area contributed by atoms with Crippen molar-refractivity contribution in [3.05, 3.63) is 18.2 Å². The summed E-state index contributed by atoms with van der Waals surface area (Å²) in [7, 11) is 0. The molecule has 1 unspecified atom stereocenters. The van der Waals surface area contributed by atoms with E-state index in [2.05, 4.69) is 30.7 Å². The monoisotopic (exact) mass is 259 g/mol. The molecule has 0 radical (unpaired) electrons. The lowest BCUT2D eigenvalue weighted by molar-refractivity contribution is 0.263. The molecule has 2 heterocycles. The minimum absolute atomic E-state index is 0.338. The fourth-order valence-electron chi connectivity index (χ4n) is 2.71. The van der Waals surface area contributed by atoms with E-state index in [1.807, 2.05) is 18.2 Å². The van der Waals surface area contributed by atoms with E-state index in [0.717, 1.165) is 30.2 Å². The highest BCUT2D eigenvalue weighted by Crippen LogP contribution is 2.36. The third kappa shape index (κ3) is 2.27. The van der Waals surface area contributed by atoms with Crippen LogP contribution in [0, 0.1) is 11.3 Å². The van der Waals surface area contributed by atoms with Crippen LogP contribution in [0.4, 0.5) is 11.7 Å². The Morgan fingerprint density at radius 1 is 1.37 bits per heavy atom. The van der Waals surface area contributed by atoms with Gasteiger partial charge < -0.3 is 15.1 Å². The van der Waals surface area contributed by atoms with Gasteiger partial charge in [0.05, 0.1) is 0 Å². The average molecular weight is 259 g/mol. The number of nitrogen functional groups attached to an aromatic ring is 1. The summed E-state index contributed by atoms with van der Waals surface area (Å²) in [4.78, 5) is 6.80. The molecule has 1 saturated heterocycles. The first-order valence-corrected chi connectivity index (χ1v) is 6.84. The number of benzene rings is 1. The Morgan fingerprint density at radius 3 is 2.84 bits per heavy atom. The number of oxazole rings is 1. The van der Waals surface area contributed by atoms with Crippen LogP contribution in [0.2, 0.25) is 0 Å². The largest absolute Gasteiger partial charge is 0.423 e. The standard InChI is InChI=1S/C15H21N3O/c1-15(2,3)10-6-7-18(9-10)14-17-12-5-4-11(16)8-13(12)19-14/h4-5,8,10H,6-7,9,16H2,1-3H3. The van der Waals surface area contributed by atoms with E-state index in [4.69, 9.17) is 10.2 Å². The highest BCUT2D eigenvalue weighted by molar-refractivity contribution is 5.78. The molecule has 19 heavy (non-hydrogen) atoms. The van der Waals surface area contributed by atoms with Crippen LogP contribution in [0.5, 0.6) is 0 Å². The summed E-state index contributed by atoms with van der Waals surface area (Å²) in [5.41, 5.74) is 8.47. The molecule has 1 atom stereocenters. The molecular formula is C15H21N3O. The van der Waals surface area contributed by atoms with Crippen molar-refractivity contribution in [2.24, 2.45) is 11.3 Å². The van der Waals surface area contributed by atoms with Crippen molar-refractivity contribution >= 4 is 22.8 Å². The topological polar surface area (TPSA) is 55.3 Å². The zero-order valence-electron chi connectivity index (χ0n) is 11.8. The van der Waals surface area contributed by atoms with Gasteiger partial charge in [-0.3, -0.25) is 0 Å². The van der Waals surface area contributed by atoms with E-state index in [1.54, 1.807) is 0 Å². The van der Waals surface area contributed by atoms with E-state index in [-0.39, 0.29) is 0 Å². The number of anilines is 2. The van der Waals surface area contributed by atoms with E-state index in [1.165, 1.54) is 6.42 Å². The lowest BCUT2D eigenvalue weighted by atomic mass is 9.80. The Morgan fingerprint density at radius 2 is 2.16 bits per heavy atom. The quantitative estimate of drug-likeness (QED) is 0.798. The van der Waals surface area contributed by atoms with Gasteiger partial charge in [0.1, 0.15) is 5.52 Å². The second kappa shape index (κ2) is 4.15. The number of hydrogen-bond donors (Lipinski definition) is 1. The van der Waals surface area contributed by atoms with E-state index >= 15 is 0 Å². The molecule has 1 aliphatic heterocycles. The zero-order chi connectivity index (χ0) is 13.6. The Balaban J connectivity index is 1.86. The molecule has 1 aliphatic rings. The maximum atomic E-state index is 5.83. The predicted molar refractivity (Wildman–Crippen MR) is 78.2 cm³/mol. The summed E-state index contributed by atoms with van der Waals surface area (Å²) in [5, 5.41) is 0. The lowest BCUT2D eigenvalue weighted by Crippen LogP contribution is -2.25. The summed E-state index contributed by atoms with van der Waals surface area (Å²) < 4.78 is 5.83. The number of aromatic nitrogens is 1. The van der Waals surface area contributed by atoms with Crippen molar-refractivity contribution < 1.29 is 4.42 Å². The molecule has 1 aromatic heterocycles. The predicted octanol–water partition coefficient (Wildman–Crippen LogP) is 3.28. The van der Waals surface area contributed by atoms with Crippen LogP contribution in [-0.4, -0.2) is 18.1 Å². The summed E-state index contributed by atoms with van der Waals surface area (Å²) in [6.07, 6.45) is 1.20. The molecule has 3 rings (SSSR count). The Bertz CT molecular complexity index is 597. The fourth-order valence-corrected chi connectivity index (χ4v) is 2.71. The van der Waals surface area contributed by atoms with E-state index < -0.39 is 0 Å². The first kappa shape index (κ1) is 12.3. The molecule has 0 aliphatic carbocycles. The van der Waals surface area contributed by atoms with Crippen LogP contribution >= 0.6 is 0 Å². The molecule has 2 aromatic rings. The van der Waals surface area contributed by atoms with Gasteiger partial charge in [-0.25, -0.2) is 0 Å². The van der Waals surface area contributed by atoms with Crippen LogP contribution < -0.4 is 10.6 Å². The van der Waals surface area contributed by atoms with Gasteiger partial charge in [-0.15, -0.1) is 0 Å². The van der Waals surface area contributed by atoms with Gasteiger partial charge in [0.25, 0.3) is 6.01 Å². The molecule has 1 aromatic carbocycles. The van der Waals surface area contributed by atoms with Gasteiger partial charge in [-0.2, -0.15) is 4.98 Å². The average Bonchev–Trinajstić information content (AvgIpc) is 2.92. The number of rotatable bonds is 1. The van der Waals surface area contributed by atoms with Crippen LogP contribution in [0.1, 0.15) is 27.2 Å². The van der Waals surface area contributed by atoms with E-state index in [0.29, 0.717) is 17.0 Å². The molecule has 0 saturated carbocycles. The van der Waals surface area contributed by atoms with Crippen molar-refractivity contribution in [2.45, 2.75) is 27.2 Å². The van der Waals surface area contributed by atoms with Gasteiger partial charge in [0, 0.05) is 24.8 Å². The first-order chi connectivity index (χ1) is 8.93. The van der Waals surface area contributed by atoms with E-state index in [9.17, 15) is 0 Å². The smallest absolute Gasteiger partial charge is 0.298 e. The van der Waals surface area contributed by atoms with Crippen molar-refractivity contribution in [3.8, 4) is 0 Å². The third-order valence-corrected chi connectivity index (χ3v) is 4.08. The molecule has 102 valence electrons. The number of fused-ring (bicyclic) bond motifs is 1. The minimum atomic E-state index is 0.338. The lowest BCUT2D eigenvalue weighted by Gasteiger charge is -2.26. The minimum Gasteiger partial charge on any atom is -0.423 e. The number of nitrogens with zero attached hydrogens (tertiary/aromatic N) is 2. The zero-order valence-corrected chi connectivity index (χ0v) is 11.8.